The highest BCUT2D eigenvalue weighted by Gasteiger charge is 2.19. The summed E-state index contributed by atoms with van der Waals surface area (Å²) in [6.07, 6.45) is 1.55. The second-order valence-electron chi connectivity index (χ2n) is 5.52. The second-order valence-corrected chi connectivity index (χ2v) is 5.52. The molecule has 23 heavy (non-hydrogen) atoms. The number of hydrogen-bond acceptors (Lipinski definition) is 5. The maximum atomic E-state index is 13.9. The predicted octanol–water partition coefficient (Wildman–Crippen LogP) is 3.97. The standard InChI is InChI=1S/C17H18FN3O2/c1-11(15-8-9-22-20-15)21(3)10-16-12(2)23-17(19-16)13-6-4-5-7-14(13)18/h4-9,11H,10H2,1-3H3. The first-order chi connectivity index (χ1) is 11.1. The third kappa shape index (κ3) is 3.17. The van der Waals surface area contributed by atoms with Crippen molar-refractivity contribution in [3.63, 3.8) is 0 Å². The molecule has 0 saturated heterocycles. The van der Waals surface area contributed by atoms with E-state index >= 15 is 0 Å². The van der Waals surface area contributed by atoms with Crippen LogP contribution in [0.3, 0.4) is 0 Å². The van der Waals surface area contributed by atoms with Gasteiger partial charge in [-0.25, -0.2) is 9.37 Å². The minimum Gasteiger partial charge on any atom is -0.441 e. The highest BCUT2D eigenvalue weighted by atomic mass is 19.1. The van der Waals surface area contributed by atoms with Crippen LogP contribution in [0.5, 0.6) is 0 Å². The Morgan fingerprint density at radius 2 is 2.04 bits per heavy atom. The molecule has 1 atom stereocenters. The van der Waals surface area contributed by atoms with Gasteiger partial charge in [0.15, 0.2) is 0 Å². The number of aryl methyl sites for hydroxylation is 1. The third-order valence-electron chi connectivity index (χ3n) is 3.94. The lowest BCUT2D eigenvalue weighted by molar-refractivity contribution is 0.237. The van der Waals surface area contributed by atoms with Crippen molar-refractivity contribution < 1.29 is 13.3 Å². The van der Waals surface area contributed by atoms with Gasteiger partial charge in [0.05, 0.1) is 17.3 Å². The average Bonchev–Trinajstić information content (AvgIpc) is 3.18. The summed E-state index contributed by atoms with van der Waals surface area (Å²) >= 11 is 0. The van der Waals surface area contributed by atoms with E-state index in [-0.39, 0.29) is 11.9 Å². The van der Waals surface area contributed by atoms with Crippen molar-refractivity contribution in [2.45, 2.75) is 26.4 Å². The second kappa shape index (κ2) is 6.34. The van der Waals surface area contributed by atoms with E-state index in [2.05, 4.69) is 15.0 Å². The fraction of sp³-hybridized carbons (Fsp3) is 0.294. The first kappa shape index (κ1) is 15.4. The van der Waals surface area contributed by atoms with E-state index in [0.717, 1.165) is 11.4 Å². The van der Waals surface area contributed by atoms with E-state index in [0.29, 0.717) is 23.8 Å². The lowest BCUT2D eigenvalue weighted by Crippen LogP contribution is -2.22. The van der Waals surface area contributed by atoms with Crippen LogP contribution in [0.4, 0.5) is 4.39 Å². The van der Waals surface area contributed by atoms with Gasteiger partial charge in [0.2, 0.25) is 5.89 Å². The molecule has 6 heteroatoms. The lowest BCUT2D eigenvalue weighted by Gasteiger charge is -2.21. The maximum Gasteiger partial charge on any atom is 0.229 e. The molecular weight excluding hydrogens is 297 g/mol. The molecule has 0 N–H and O–H groups in total. The summed E-state index contributed by atoms with van der Waals surface area (Å²) in [6, 6.07) is 8.36. The van der Waals surface area contributed by atoms with Crippen LogP contribution < -0.4 is 0 Å². The summed E-state index contributed by atoms with van der Waals surface area (Å²) in [7, 11) is 1.97. The molecule has 0 spiro atoms. The van der Waals surface area contributed by atoms with Gasteiger partial charge in [-0.15, -0.1) is 0 Å². The van der Waals surface area contributed by atoms with Crippen LogP contribution in [0, 0.1) is 12.7 Å². The quantitative estimate of drug-likeness (QED) is 0.713. The van der Waals surface area contributed by atoms with Gasteiger partial charge >= 0.3 is 0 Å². The number of benzene rings is 1. The van der Waals surface area contributed by atoms with Crippen LogP contribution in [0.1, 0.15) is 30.1 Å². The highest BCUT2D eigenvalue weighted by molar-refractivity contribution is 5.54. The molecule has 5 nitrogen and oxygen atoms in total. The SMILES string of the molecule is Cc1oc(-c2ccccc2F)nc1CN(C)C(C)c1ccon1. The molecule has 1 aromatic carbocycles. The Labute approximate surface area is 133 Å². The van der Waals surface area contributed by atoms with Gasteiger partial charge in [-0.3, -0.25) is 4.90 Å². The zero-order valence-corrected chi connectivity index (χ0v) is 13.3. The van der Waals surface area contributed by atoms with Crippen LogP contribution in [0.2, 0.25) is 0 Å². The molecule has 3 aromatic rings. The monoisotopic (exact) mass is 315 g/mol. The van der Waals surface area contributed by atoms with Crippen molar-refractivity contribution in [1.29, 1.82) is 0 Å². The van der Waals surface area contributed by atoms with Gasteiger partial charge in [0.1, 0.15) is 23.5 Å². The molecule has 120 valence electrons. The Morgan fingerprint density at radius 1 is 1.26 bits per heavy atom. The van der Waals surface area contributed by atoms with Crippen molar-refractivity contribution in [3.8, 4) is 11.5 Å². The van der Waals surface area contributed by atoms with Gasteiger partial charge in [-0.1, -0.05) is 17.3 Å². The minimum absolute atomic E-state index is 0.0711. The topological polar surface area (TPSA) is 55.3 Å². The number of hydrogen-bond donors (Lipinski definition) is 0. The molecule has 2 heterocycles. The van der Waals surface area contributed by atoms with Gasteiger partial charge < -0.3 is 8.94 Å². The number of nitrogens with zero attached hydrogens (tertiary/aromatic N) is 3. The first-order valence-corrected chi connectivity index (χ1v) is 7.38. The largest absolute Gasteiger partial charge is 0.441 e. The molecule has 0 fully saturated rings. The first-order valence-electron chi connectivity index (χ1n) is 7.38. The molecule has 3 rings (SSSR count). The fourth-order valence-electron chi connectivity index (χ4n) is 2.36. The summed E-state index contributed by atoms with van der Waals surface area (Å²) in [4.78, 5) is 6.53. The van der Waals surface area contributed by atoms with E-state index in [9.17, 15) is 4.39 Å². The Morgan fingerprint density at radius 3 is 2.74 bits per heavy atom. The number of rotatable bonds is 5. The predicted molar refractivity (Wildman–Crippen MR) is 83.0 cm³/mol. The van der Waals surface area contributed by atoms with E-state index in [4.69, 9.17) is 8.94 Å². The zero-order chi connectivity index (χ0) is 16.4. The molecule has 0 radical (unpaired) electrons. The number of aromatic nitrogens is 2. The molecule has 0 amide bonds. The zero-order valence-electron chi connectivity index (χ0n) is 13.3. The van der Waals surface area contributed by atoms with E-state index in [1.807, 2.05) is 27.0 Å². The summed E-state index contributed by atoms with van der Waals surface area (Å²) in [5.41, 5.74) is 2.00. The van der Waals surface area contributed by atoms with Crippen molar-refractivity contribution in [2.24, 2.45) is 0 Å². The smallest absolute Gasteiger partial charge is 0.229 e. The average molecular weight is 315 g/mol. The lowest BCUT2D eigenvalue weighted by atomic mass is 10.2. The maximum absolute atomic E-state index is 13.9. The molecular formula is C17H18FN3O2. The minimum atomic E-state index is -0.343. The van der Waals surface area contributed by atoms with Gasteiger partial charge in [-0.05, 0) is 33.0 Å². The van der Waals surface area contributed by atoms with E-state index in [1.165, 1.54) is 6.07 Å². The summed E-state index contributed by atoms with van der Waals surface area (Å²) in [6.45, 7) is 4.43. The van der Waals surface area contributed by atoms with Crippen LogP contribution in [-0.4, -0.2) is 22.1 Å². The molecule has 1 unspecified atom stereocenters. The van der Waals surface area contributed by atoms with Gasteiger partial charge in [0.25, 0.3) is 0 Å². The number of halogens is 1. The van der Waals surface area contributed by atoms with Gasteiger partial charge in [-0.2, -0.15) is 0 Å². The Hall–Kier alpha value is -2.47. The molecule has 0 saturated carbocycles. The molecule has 2 aromatic heterocycles. The summed E-state index contributed by atoms with van der Waals surface area (Å²) < 4.78 is 24.4. The molecule has 0 aliphatic carbocycles. The Bertz CT molecular complexity index is 783. The normalized spacial score (nSPS) is 12.7. The van der Waals surface area contributed by atoms with E-state index in [1.54, 1.807) is 24.5 Å². The fourth-order valence-corrected chi connectivity index (χ4v) is 2.36. The molecule has 0 aliphatic heterocycles. The molecule has 0 aliphatic rings. The van der Waals surface area contributed by atoms with Crippen molar-refractivity contribution in [3.05, 3.63) is 59.6 Å². The van der Waals surface area contributed by atoms with E-state index < -0.39 is 0 Å². The van der Waals surface area contributed by atoms with Crippen LogP contribution in [0.25, 0.3) is 11.5 Å². The van der Waals surface area contributed by atoms with Crippen molar-refractivity contribution in [1.82, 2.24) is 15.0 Å². The Kier molecular flexibility index (Phi) is 4.25. The van der Waals surface area contributed by atoms with Crippen molar-refractivity contribution >= 4 is 0 Å². The molecule has 0 bridgehead atoms. The van der Waals surface area contributed by atoms with Crippen LogP contribution in [0.15, 0.2) is 45.5 Å². The Balaban J connectivity index is 1.80. The summed E-state index contributed by atoms with van der Waals surface area (Å²) in [5.74, 6) is 0.644. The van der Waals surface area contributed by atoms with Crippen LogP contribution >= 0.6 is 0 Å². The van der Waals surface area contributed by atoms with Crippen molar-refractivity contribution in [2.75, 3.05) is 7.05 Å². The van der Waals surface area contributed by atoms with Gasteiger partial charge in [0, 0.05) is 12.6 Å². The summed E-state index contributed by atoms with van der Waals surface area (Å²) in [5, 5.41) is 3.96. The highest BCUT2D eigenvalue weighted by Crippen LogP contribution is 2.26. The van der Waals surface area contributed by atoms with Crippen LogP contribution in [-0.2, 0) is 6.54 Å². The number of oxazole rings is 1. The third-order valence-corrected chi connectivity index (χ3v) is 3.94.